The number of halogens is 2. The molecule has 0 spiro atoms. The van der Waals surface area contributed by atoms with Crippen LogP contribution < -0.4 is 10.4 Å². The zero-order chi connectivity index (χ0) is 27.9. The Bertz CT molecular complexity index is 1650. The molecule has 0 amide bonds. The fourth-order valence-corrected chi connectivity index (χ4v) is 6.45. The van der Waals surface area contributed by atoms with Crippen LogP contribution in [0.15, 0.2) is 127 Å². The minimum absolute atomic E-state index is 0.543. The molecule has 1 heterocycles. The van der Waals surface area contributed by atoms with E-state index >= 15 is 0 Å². The maximum absolute atomic E-state index is 4.93. The van der Waals surface area contributed by atoms with Crippen molar-refractivity contribution in [1.82, 2.24) is 0 Å². The summed E-state index contributed by atoms with van der Waals surface area (Å²) in [6, 6.07) is 48.8. The van der Waals surface area contributed by atoms with Crippen molar-refractivity contribution >= 4 is 47.7 Å². The molecule has 4 heteroatoms. The van der Waals surface area contributed by atoms with E-state index < -0.39 is 20.8 Å². The van der Waals surface area contributed by atoms with Crippen molar-refractivity contribution in [3.63, 3.8) is 0 Å². The molecule has 0 N–H and O–H groups in total. The van der Waals surface area contributed by atoms with Gasteiger partial charge in [0.05, 0.1) is 9.52 Å². The number of hydrogen-bond acceptors (Lipinski definition) is 0. The monoisotopic (exact) mass is 648 g/mol. The van der Waals surface area contributed by atoms with Gasteiger partial charge in [-0.25, -0.2) is 0 Å². The summed E-state index contributed by atoms with van der Waals surface area (Å²) < 4.78 is 0. The summed E-state index contributed by atoms with van der Waals surface area (Å²) in [6.07, 6.45) is 0. The van der Waals surface area contributed by atoms with E-state index in [1.54, 1.807) is 0 Å². The van der Waals surface area contributed by atoms with Gasteiger partial charge in [-0.2, -0.15) is 35.5 Å². The van der Waals surface area contributed by atoms with E-state index in [4.69, 9.17) is 17.0 Å². The Kier molecular flexibility index (Phi) is 10.00. The number of hydrogen-bond donors (Lipinski definition) is 0. The molecule has 0 aromatic heterocycles. The predicted molar refractivity (Wildman–Crippen MR) is 172 cm³/mol. The molecule has 2 radical (unpaired) electrons. The minimum atomic E-state index is -0.826. The molecule has 0 aliphatic carbocycles. The molecule has 7 rings (SSSR count). The minimum Gasteiger partial charge on any atom is -0.184 e. The first kappa shape index (κ1) is 28.9. The van der Waals surface area contributed by atoms with Gasteiger partial charge in [-0.15, -0.1) is 34.0 Å². The fraction of sp³-hybridized carbons (Fsp3) is 0.0833. The predicted octanol–water partition coefficient (Wildman–Crippen LogP) is 9.51. The van der Waals surface area contributed by atoms with Gasteiger partial charge in [-0.3, -0.25) is 0 Å². The Balaban J connectivity index is 0.000000168. The molecule has 0 saturated carbocycles. The van der Waals surface area contributed by atoms with E-state index in [0.717, 1.165) is 9.52 Å². The van der Waals surface area contributed by atoms with Crippen LogP contribution in [-0.4, -0.2) is 9.52 Å². The largest absolute Gasteiger partial charge is 0.184 e. The summed E-state index contributed by atoms with van der Waals surface area (Å²) in [5.41, 5.74) is 9.37. The number of rotatable bonds is 3. The van der Waals surface area contributed by atoms with E-state index in [1.165, 1.54) is 60.1 Å². The molecule has 0 bridgehead atoms. The molecule has 1 aliphatic heterocycles. The first-order valence-electron chi connectivity index (χ1n) is 13.3. The van der Waals surface area contributed by atoms with Crippen molar-refractivity contribution in [3.05, 3.63) is 139 Å². The summed E-state index contributed by atoms with van der Waals surface area (Å²) in [5, 5.41) is 5.51. The summed E-state index contributed by atoms with van der Waals surface area (Å²) in [6.45, 7) is 4.52. The Morgan fingerprint density at radius 2 is 1.32 bits per heavy atom. The van der Waals surface area contributed by atoms with Gasteiger partial charge in [0, 0.05) is 0 Å². The van der Waals surface area contributed by atoms with Gasteiger partial charge in [0.25, 0.3) is 0 Å². The van der Waals surface area contributed by atoms with Crippen LogP contribution in [0.2, 0.25) is 0 Å². The van der Waals surface area contributed by atoms with Crippen LogP contribution in [0.1, 0.15) is 25.3 Å². The summed E-state index contributed by atoms with van der Waals surface area (Å²) in [5.74, 6) is 0.543. The van der Waals surface area contributed by atoms with Crippen LogP contribution in [0.25, 0.3) is 44.2 Å². The first-order chi connectivity index (χ1) is 19.6. The van der Waals surface area contributed by atoms with Crippen LogP contribution in [0.5, 0.6) is 0 Å². The third-order valence-corrected chi connectivity index (χ3v) is 8.43. The van der Waals surface area contributed by atoms with Gasteiger partial charge in [0.1, 0.15) is 0 Å². The SMILES string of the molecule is CC(C)c1cc2c(-c3ccccc3)c(-c3ccccc3)ccc2[cH-]1.[Cl][Zr+2][Cl].[c-]1cccc2c1[Si]c1ccccc1-2. The Hall–Kier alpha value is -2.61. The van der Waals surface area contributed by atoms with Crippen molar-refractivity contribution in [1.29, 1.82) is 0 Å². The van der Waals surface area contributed by atoms with Crippen molar-refractivity contribution in [2.75, 3.05) is 0 Å². The Labute approximate surface area is 258 Å². The van der Waals surface area contributed by atoms with E-state index in [2.05, 4.69) is 141 Å². The zero-order valence-electron chi connectivity index (χ0n) is 22.5. The molecule has 0 nitrogen and oxygen atoms in total. The molecule has 194 valence electrons. The first-order valence-corrected chi connectivity index (χ1v) is 20.6. The van der Waals surface area contributed by atoms with E-state index in [1.807, 2.05) is 6.07 Å². The molecule has 0 atom stereocenters. The summed E-state index contributed by atoms with van der Waals surface area (Å²) >= 11 is -0.826. The standard InChI is InChI=1S/C24H21.C12H7Si.2ClH.Zr/c1-17(2)21-15-20-13-14-22(18-9-5-3-6-10-18)24(23(20)16-21)19-11-7-4-8-12-19;1-3-7-11-9(5-1)10-6-2-4-8-12(10)13-11;;;/h3-17H,1-2H3;1-7H;2*1H;/q2*-1;;;+4/p-2. The van der Waals surface area contributed by atoms with Crippen molar-refractivity contribution in [2.45, 2.75) is 19.8 Å². The molecule has 0 saturated heterocycles. The second-order valence-corrected chi connectivity index (χ2v) is 14.9. The van der Waals surface area contributed by atoms with E-state index in [0.29, 0.717) is 5.92 Å². The molecule has 0 unspecified atom stereocenters. The summed E-state index contributed by atoms with van der Waals surface area (Å²) in [7, 11) is 10.7. The Morgan fingerprint density at radius 3 is 2.02 bits per heavy atom. The molecule has 6 aromatic rings. The third-order valence-electron chi connectivity index (χ3n) is 7.06. The fourth-order valence-electron chi connectivity index (χ4n) is 5.14. The van der Waals surface area contributed by atoms with E-state index in [-0.39, 0.29) is 0 Å². The number of benzene rings is 5. The molecular weight excluding hydrogens is 623 g/mol. The zero-order valence-corrected chi connectivity index (χ0v) is 27.4. The van der Waals surface area contributed by atoms with Crippen LogP contribution in [0.3, 0.4) is 0 Å². The van der Waals surface area contributed by atoms with Crippen molar-refractivity contribution in [2.24, 2.45) is 0 Å². The van der Waals surface area contributed by atoms with Gasteiger partial charge in [0.15, 0.2) is 0 Å². The maximum Gasteiger partial charge on any atom is 0.0920 e. The second-order valence-electron chi connectivity index (χ2n) is 9.87. The molecular formula is C36H28Cl2SiZr. The quantitative estimate of drug-likeness (QED) is 0.132. The van der Waals surface area contributed by atoms with Crippen molar-refractivity contribution < 1.29 is 20.8 Å². The third kappa shape index (κ3) is 6.48. The second kappa shape index (κ2) is 13.8. The topological polar surface area (TPSA) is 0 Å². The maximum atomic E-state index is 4.93. The van der Waals surface area contributed by atoms with Gasteiger partial charge < -0.3 is 0 Å². The van der Waals surface area contributed by atoms with Gasteiger partial charge >= 0.3 is 37.9 Å². The van der Waals surface area contributed by atoms with Crippen LogP contribution in [0.4, 0.5) is 0 Å². The molecule has 6 aromatic carbocycles. The van der Waals surface area contributed by atoms with Crippen LogP contribution >= 0.6 is 17.0 Å². The van der Waals surface area contributed by atoms with Crippen LogP contribution in [0, 0.1) is 6.07 Å². The summed E-state index contributed by atoms with van der Waals surface area (Å²) in [4.78, 5) is 0. The Morgan fingerprint density at radius 1 is 0.700 bits per heavy atom. The smallest absolute Gasteiger partial charge is 0.0920 e. The normalized spacial score (nSPS) is 11.0. The van der Waals surface area contributed by atoms with Crippen LogP contribution in [-0.2, 0) is 20.8 Å². The van der Waals surface area contributed by atoms with E-state index in [9.17, 15) is 0 Å². The molecule has 0 fully saturated rings. The van der Waals surface area contributed by atoms with Gasteiger partial charge in [-0.1, -0.05) is 121 Å². The average molecular weight is 651 g/mol. The molecule has 40 heavy (non-hydrogen) atoms. The van der Waals surface area contributed by atoms with Gasteiger partial charge in [0.2, 0.25) is 0 Å². The van der Waals surface area contributed by atoms with Gasteiger partial charge in [-0.05, 0) is 22.6 Å². The number of fused-ring (bicyclic) bond motifs is 4. The van der Waals surface area contributed by atoms with Crippen molar-refractivity contribution in [3.8, 4) is 33.4 Å². The average Bonchev–Trinajstić information content (AvgIpc) is 3.60. The molecule has 1 aliphatic rings.